The fourth-order valence-electron chi connectivity index (χ4n) is 1.57. The van der Waals surface area contributed by atoms with E-state index >= 15 is 0 Å². The molecule has 0 atom stereocenters. The molecule has 116 valence electrons. The van der Waals surface area contributed by atoms with E-state index in [0.29, 0.717) is 4.34 Å². The first-order chi connectivity index (χ1) is 10.6. The number of imide groups is 1. The van der Waals surface area contributed by atoms with E-state index in [2.05, 4.69) is 15.0 Å². The fraction of sp³-hybridized carbons (Fsp3) is 0.214. The molecule has 22 heavy (non-hydrogen) atoms. The van der Waals surface area contributed by atoms with Gasteiger partial charge in [0.25, 0.3) is 5.91 Å². The van der Waals surface area contributed by atoms with E-state index in [-0.39, 0.29) is 17.3 Å². The van der Waals surface area contributed by atoms with Crippen molar-refractivity contribution in [2.75, 3.05) is 12.3 Å². The Balaban J connectivity index is 1.98. The van der Waals surface area contributed by atoms with Gasteiger partial charge in [-0.05, 0) is 12.5 Å². The van der Waals surface area contributed by atoms with E-state index in [1.165, 1.54) is 11.8 Å². The van der Waals surface area contributed by atoms with Crippen molar-refractivity contribution in [2.24, 2.45) is 0 Å². The molecular formula is C14H15N3O3S2. The van der Waals surface area contributed by atoms with E-state index in [1.807, 2.05) is 30.3 Å². The highest BCUT2D eigenvalue weighted by Crippen LogP contribution is 2.31. The summed E-state index contributed by atoms with van der Waals surface area (Å²) in [5, 5.41) is 2.11. The topological polar surface area (TPSA) is 94.3 Å². The molecular weight excluding hydrogens is 322 g/mol. The number of aromatic nitrogens is 1. The number of rotatable bonds is 5. The highest BCUT2D eigenvalue weighted by atomic mass is 32.2. The number of nitrogens with one attached hydrogen (secondary N) is 1. The molecule has 0 bridgehead atoms. The number of carbonyl (C=O) groups is 2. The van der Waals surface area contributed by atoms with Gasteiger partial charge in [-0.3, -0.25) is 10.1 Å². The van der Waals surface area contributed by atoms with Crippen molar-refractivity contribution in [2.45, 2.75) is 17.0 Å². The predicted molar refractivity (Wildman–Crippen MR) is 87.0 cm³/mol. The van der Waals surface area contributed by atoms with Crippen LogP contribution < -0.4 is 11.1 Å². The van der Waals surface area contributed by atoms with Crippen LogP contribution in [0.4, 0.5) is 10.6 Å². The second-order valence-corrected chi connectivity index (χ2v) is 6.36. The largest absolute Gasteiger partial charge is 0.450 e. The van der Waals surface area contributed by atoms with E-state index < -0.39 is 12.0 Å². The molecule has 0 aliphatic rings. The molecule has 3 N–H and O–H groups in total. The summed E-state index contributed by atoms with van der Waals surface area (Å²) in [5.41, 5.74) is 6.89. The number of anilines is 1. The Morgan fingerprint density at radius 2 is 2.09 bits per heavy atom. The van der Waals surface area contributed by atoms with Crippen molar-refractivity contribution in [1.29, 1.82) is 0 Å². The van der Waals surface area contributed by atoms with Crippen LogP contribution in [0.15, 0.2) is 34.7 Å². The average Bonchev–Trinajstić information content (AvgIpc) is 2.87. The lowest BCUT2D eigenvalue weighted by atomic mass is 10.2. The molecule has 2 amide bonds. The summed E-state index contributed by atoms with van der Waals surface area (Å²) in [5.74, 6) is 0.245. The first-order valence-electron chi connectivity index (χ1n) is 6.51. The zero-order valence-electron chi connectivity index (χ0n) is 11.9. The van der Waals surface area contributed by atoms with E-state index in [0.717, 1.165) is 22.7 Å². The maximum atomic E-state index is 11.9. The van der Waals surface area contributed by atoms with E-state index in [1.54, 1.807) is 6.92 Å². The number of nitrogen functional groups attached to an aromatic ring is 1. The van der Waals surface area contributed by atoms with Crippen LogP contribution in [0.1, 0.15) is 22.2 Å². The minimum Gasteiger partial charge on any atom is -0.450 e. The van der Waals surface area contributed by atoms with Crippen LogP contribution in [0.2, 0.25) is 0 Å². The number of alkyl carbamates (subject to hydrolysis) is 1. The maximum absolute atomic E-state index is 11.9. The summed E-state index contributed by atoms with van der Waals surface area (Å²) >= 11 is 2.64. The smallest absolute Gasteiger partial charge is 0.414 e. The second-order valence-electron chi connectivity index (χ2n) is 4.14. The second kappa shape index (κ2) is 7.81. The van der Waals surface area contributed by atoms with Gasteiger partial charge in [0.2, 0.25) is 0 Å². The summed E-state index contributed by atoms with van der Waals surface area (Å²) in [6.45, 7) is 1.85. The Labute approximate surface area is 136 Å². The summed E-state index contributed by atoms with van der Waals surface area (Å²) < 4.78 is 5.33. The number of carbonyl (C=O) groups excluding carboxylic acids is 2. The molecule has 1 aromatic carbocycles. The number of nitrogens with zero attached hydrogens (tertiary/aromatic N) is 1. The Kier molecular flexibility index (Phi) is 5.79. The van der Waals surface area contributed by atoms with Crippen molar-refractivity contribution < 1.29 is 14.3 Å². The summed E-state index contributed by atoms with van der Waals surface area (Å²) in [7, 11) is 0. The van der Waals surface area contributed by atoms with Crippen molar-refractivity contribution in [3.05, 3.63) is 40.8 Å². The first kappa shape index (κ1) is 16.3. The van der Waals surface area contributed by atoms with Crippen LogP contribution in [0.5, 0.6) is 0 Å². The van der Waals surface area contributed by atoms with Crippen LogP contribution in [0.25, 0.3) is 0 Å². The quantitative estimate of drug-likeness (QED) is 0.815. The number of thiazole rings is 1. The predicted octanol–water partition coefficient (Wildman–Crippen LogP) is 2.90. The van der Waals surface area contributed by atoms with Gasteiger partial charge in [-0.25, -0.2) is 9.78 Å². The number of ether oxygens (including phenoxy) is 1. The summed E-state index contributed by atoms with van der Waals surface area (Å²) in [6, 6.07) is 9.90. The third kappa shape index (κ3) is 4.47. The zero-order valence-corrected chi connectivity index (χ0v) is 13.5. The van der Waals surface area contributed by atoms with Gasteiger partial charge >= 0.3 is 6.09 Å². The number of thioether (sulfide) groups is 1. The van der Waals surface area contributed by atoms with Crippen LogP contribution in [0.3, 0.4) is 0 Å². The number of hydrogen-bond donors (Lipinski definition) is 2. The molecule has 6 nitrogen and oxygen atoms in total. The molecule has 2 rings (SSSR count). The van der Waals surface area contributed by atoms with Gasteiger partial charge in [-0.2, -0.15) is 0 Å². The maximum Gasteiger partial charge on any atom is 0.414 e. The van der Waals surface area contributed by atoms with Crippen LogP contribution >= 0.6 is 23.1 Å². The van der Waals surface area contributed by atoms with Crippen LogP contribution in [-0.2, 0) is 10.5 Å². The molecule has 0 unspecified atom stereocenters. The van der Waals surface area contributed by atoms with Gasteiger partial charge in [-0.15, -0.1) is 11.3 Å². The van der Waals surface area contributed by atoms with Gasteiger partial charge in [0.1, 0.15) is 10.7 Å². The monoisotopic (exact) mass is 337 g/mol. The molecule has 0 aliphatic heterocycles. The molecule has 1 aromatic heterocycles. The summed E-state index contributed by atoms with van der Waals surface area (Å²) in [6.07, 6.45) is -0.793. The molecule has 0 radical (unpaired) electrons. The molecule has 0 saturated carbocycles. The summed E-state index contributed by atoms with van der Waals surface area (Å²) in [4.78, 5) is 27.5. The number of nitrogens with two attached hydrogens (primary N) is 1. The van der Waals surface area contributed by atoms with Crippen LogP contribution in [0, 0.1) is 0 Å². The molecule has 0 fully saturated rings. The molecule has 0 saturated heterocycles. The molecule has 0 aliphatic carbocycles. The van der Waals surface area contributed by atoms with Gasteiger partial charge in [-0.1, -0.05) is 42.1 Å². The number of amides is 2. The third-order valence-electron chi connectivity index (χ3n) is 2.54. The molecule has 0 spiro atoms. The lowest BCUT2D eigenvalue weighted by Gasteiger charge is -2.02. The Hall–Kier alpha value is -2.06. The highest BCUT2D eigenvalue weighted by molar-refractivity contribution is 8.00. The minimum atomic E-state index is -0.793. The molecule has 1 heterocycles. The van der Waals surface area contributed by atoms with Gasteiger partial charge in [0.15, 0.2) is 4.34 Å². The Morgan fingerprint density at radius 3 is 2.77 bits per heavy atom. The fourth-order valence-corrected chi connectivity index (χ4v) is 3.49. The Bertz CT molecular complexity index is 659. The Morgan fingerprint density at radius 1 is 1.36 bits per heavy atom. The van der Waals surface area contributed by atoms with Crippen molar-refractivity contribution in [3.8, 4) is 0 Å². The van der Waals surface area contributed by atoms with Gasteiger partial charge in [0, 0.05) is 5.75 Å². The van der Waals surface area contributed by atoms with Gasteiger partial charge < -0.3 is 10.5 Å². The highest BCUT2D eigenvalue weighted by Gasteiger charge is 2.19. The lowest BCUT2D eigenvalue weighted by Crippen LogP contribution is -2.30. The molecule has 2 aromatic rings. The third-order valence-corrected chi connectivity index (χ3v) is 4.82. The van der Waals surface area contributed by atoms with Crippen molar-refractivity contribution in [1.82, 2.24) is 10.3 Å². The lowest BCUT2D eigenvalue weighted by molar-refractivity contribution is 0.0929. The van der Waals surface area contributed by atoms with E-state index in [9.17, 15) is 9.59 Å². The van der Waals surface area contributed by atoms with E-state index in [4.69, 9.17) is 5.73 Å². The number of benzene rings is 1. The number of hydrogen-bond acceptors (Lipinski definition) is 7. The average molecular weight is 337 g/mol. The SMILES string of the molecule is CCOC(=O)NC(=O)c1sc(SCc2ccccc2)nc1N. The first-order valence-corrected chi connectivity index (χ1v) is 8.31. The van der Waals surface area contributed by atoms with Crippen molar-refractivity contribution in [3.63, 3.8) is 0 Å². The normalized spacial score (nSPS) is 10.2. The molecule has 8 heteroatoms. The van der Waals surface area contributed by atoms with Crippen LogP contribution in [-0.4, -0.2) is 23.6 Å². The standard InChI is InChI=1S/C14H15N3O3S2/c1-2-20-13(19)17-12(18)10-11(15)16-14(22-10)21-8-9-6-4-3-5-7-9/h3-7H,2,8,15H2,1H3,(H,17,18,19). The zero-order chi connectivity index (χ0) is 15.9. The van der Waals surface area contributed by atoms with Gasteiger partial charge in [0.05, 0.1) is 6.61 Å². The minimum absolute atomic E-state index is 0.113. The van der Waals surface area contributed by atoms with Crippen molar-refractivity contribution >= 4 is 40.9 Å².